The molecule has 0 aliphatic carbocycles. The standard InChI is InChI=1S/C8H7NOS/c11-8-6-3-1-2-4-7(6)10-5-9-8/h1-4H,5H2,(H,9,11). The van der Waals surface area contributed by atoms with Crippen LogP contribution >= 0.6 is 12.2 Å². The summed E-state index contributed by atoms with van der Waals surface area (Å²) < 4.78 is 5.30. The molecular weight excluding hydrogens is 158 g/mol. The molecule has 1 aliphatic rings. The average molecular weight is 165 g/mol. The van der Waals surface area contributed by atoms with Crippen molar-refractivity contribution >= 4 is 17.2 Å². The third-order valence-corrected chi connectivity index (χ3v) is 1.96. The number of ether oxygens (including phenoxy) is 1. The largest absolute Gasteiger partial charge is 0.473 e. The minimum Gasteiger partial charge on any atom is -0.473 e. The quantitative estimate of drug-likeness (QED) is 0.585. The molecule has 0 aromatic heterocycles. The van der Waals surface area contributed by atoms with Gasteiger partial charge in [-0.15, -0.1) is 0 Å². The number of hydrogen-bond acceptors (Lipinski definition) is 2. The minimum absolute atomic E-state index is 0.482. The van der Waals surface area contributed by atoms with E-state index in [1.807, 2.05) is 24.3 Å². The van der Waals surface area contributed by atoms with E-state index < -0.39 is 0 Å². The van der Waals surface area contributed by atoms with Gasteiger partial charge in [-0.25, -0.2) is 0 Å². The van der Waals surface area contributed by atoms with E-state index in [1.54, 1.807) is 0 Å². The Morgan fingerprint density at radius 2 is 2.18 bits per heavy atom. The zero-order chi connectivity index (χ0) is 7.68. The van der Waals surface area contributed by atoms with Crippen LogP contribution < -0.4 is 10.1 Å². The fourth-order valence-corrected chi connectivity index (χ4v) is 1.28. The van der Waals surface area contributed by atoms with Crippen molar-refractivity contribution in [2.45, 2.75) is 0 Å². The summed E-state index contributed by atoms with van der Waals surface area (Å²) in [5.74, 6) is 0.872. The minimum atomic E-state index is 0.482. The van der Waals surface area contributed by atoms with Gasteiger partial charge in [0.05, 0.1) is 5.56 Å². The van der Waals surface area contributed by atoms with E-state index in [0.717, 1.165) is 16.3 Å². The molecule has 3 heteroatoms. The van der Waals surface area contributed by atoms with Gasteiger partial charge in [-0.1, -0.05) is 24.4 Å². The van der Waals surface area contributed by atoms with Crippen molar-refractivity contribution in [2.75, 3.05) is 6.73 Å². The first-order chi connectivity index (χ1) is 5.38. The summed E-state index contributed by atoms with van der Waals surface area (Å²) >= 11 is 5.07. The average Bonchev–Trinajstić information content (AvgIpc) is 2.06. The van der Waals surface area contributed by atoms with Gasteiger partial charge < -0.3 is 10.1 Å². The van der Waals surface area contributed by atoms with Gasteiger partial charge in [-0.3, -0.25) is 0 Å². The van der Waals surface area contributed by atoms with Gasteiger partial charge in [0.15, 0.2) is 6.73 Å². The molecule has 0 unspecified atom stereocenters. The van der Waals surface area contributed by atoms with Crippen LogP contribution in [0.3, 0.4) is 0 Å². The van der Waals surface area contributed by atoms with Crippen LogP contribution in [0, 0.1) is 0 Å². The Bertz CT molecular complexity index is 298. The van der Waals surface area contributed by atoms with E-state index in [2.05, 4.69) is 5.32 Å². The van der Waals surface area contributed by atoms with Crippen molar-refractivity contribution in [3.8, 4) is 5.75 Å². The Hall–Kier alpha value is -1.09. The van der Waals surface area contributed by atoms with Gasteiger partial charge in [0.25, 0.3) is 0 Å². The smallest absolute Gasteiger partial charge is 0.159 e. The van der Waals surface area contributed by atoms with E-state index >= 15 is 0 Å². The summed E-state index contributed by atoms with van der Waals surface area (Å²) in [4.78, 5) is 0.770. The number of hydrogen-bond donors (Lipinski definition) is 1. The van der Waals surface area contributed by atoms with Crippen LogP contribution in [0.15, 0.2) is 24.3 Å². The van der Waals surface area contributed by atoms with Crippen molar-refractivity contribution in [1.29, 1.82) is 0 Å². The van der Waals surface area contributed by atoms with Gasteiger partial charge in [0.2, 0.25) is 0 Å². The Morgan fingerprint density at radius 3 is 3.00 bits per heavy atom. The highest BCUT2D eigenvalue weighted by molar-refractivity contribution is 7.80. The second kappa shape index (κ2) is 2.51. The molecule has 1 N–H and O–H groups in total. The van der Waals surface area contributed by atoms with Crippen LogP contribution in [0.5, 0.6) is 5.75 Å². The van der Waals surface area contributed by atoms with Crippen LogP contribution in [-0.4, -0.2) is 11.7 Å². The maximum atomic E-state index is 5.30. The molecule has 0 radical (unpaired) electrons. The molecule has 0 amide bonds. The van der Waals surface area contributed by atoms with Crippen molar-refractivity contribution in [2.24, 2.45) is 0 Å². The van der Waals surface area contributed by atoms with Crippen molar-refractivity contribution in [1.82, 2.24) is 5.32 Å². The Kier molecular flexibility index (Phi) is 1.51. The Labute approximate surface area is 70.2 Å². The number of fused-ring (bicyclic) bond motifs is 1. The molecule has 0 saturated carbocycles. The van der Waals surface area contributed by atoms with E-state index in [9.17, 15) is 0 Å². The van der Waals surface area contributed by atoms with Gasteiger partial charge in [-0.05, 0) is 12.1 Å². The molecule has 2 nitrogen and oxygen atoms in total. The molecule has 56 valence electrons. The molecule has 0 atom stereocenters. The molecule has 1 aliphatic heterocycles. The first-order valence-electron chi connectivity index (χ1n) is 3.38. The molecule has 1 heterocycles. The highest BCUT2D eigenvalue weighted by atomic mass is 32.1. The lowest BCUT2D eigenvalue weighted by molar-refractivity contribution is 0.300. The molecule has 11 heavy (non-hydrogen) atoms. The van der Waals surface area contributed by atoms with Gasteiger partial charge >= 0.3 is 0 Å². The van der Waals surface area contributed by atoms with Gasteiger partial charge in [-0.2, -0.15) is 0 Å². The SMILES string of the molecule is S=C1NCOc2ccccc21. The van der Waals surface area contributed by atoms with Crippen LogP contribution in [0.4, 0.5) is 0 Å². The van der Waals surface area contributed by atoms with E-state index in [1.165, 1.54) is 0 Å². The van der Waals surface area contributed by atoms with Crippen molar-refractivity contribution in [3.05, 3.63) is 29.8 Å². The van der Waals surface area contributed by atoms with E-state index in [-0.39, 0.29) is 0 Å². The first kappa shape index (κ1) is 6.61. The third-order valence-electron chi connectivity index (χ3n) is 1.59. The second-order valence-corrected chi connectivity index (χ2v) is 2.70. The summed E-state index contributed by atoms with van der Waals surface area (Å²) in [6.07, 6.45) is 0. The third kappa shape index (κ3) is 1.07. The summed E-state index contributed by atoms with van der Waals surface area (Å²) in [6.45, 7) is 0.482. The van der Waals surface area contributed by atoms with Gasteiger partial charge in [0.1, 0.15) is 10.7 Å². The maximum absolute atomic E-state index is 5.30. The lowest BCUT2D eigenvalue weighted by Gasteiger charge is -2.18. The summed E-state index contributed by atoms with van der Waals surface area (Å²) in [5, 5.41) is 2.95. The summed E-state index contributed by atoms with van der Waals surface area (Å²) in [7, 11) is 0. The second-order valence-electron chi connectivity index (χ2n) is 2.29. The van der Waals surface area contributed by atoms with Crippen molar-refractivity contribution < 1.29 is 4.74 Å². The molecule has 0 saturated heterocycles. The highest BCUT2D eigenvalue weighted by Gasteiger charge is 2.11. The monoisotopic (exact) mass is 165 g/mol. The fourth-order valence-electron chi connectivity index (χ4n) is 1.05. The van der Waals surface area contributed by atoms with E-state index in [0.29, 0.717) is 6.73 Å². The molecule has 1 aromatic carbocycles. The van der Waals surface area contributed by atoms with Crippen LogP contribution in [0.2, 0.25) is 0 Å². The summed E-state index contributed by atoms with van der Waals surface area (Å²) in [6, 6.07) is 7.75. The zero-order valence-electron chi connectivity index (χ0n) is 5.83. The molecule has 0 fully saturated rings. The number of nitrogens with one attached hydrogen (secondary N) is 1. The van der Waals surface area contributed by atoms with Crippen LogP contribution in [-0.2, 0) is 0 Å². The normalized spacial score (nSPS) is 14.7. The Balaban J connectivity index is 2.52. The topological polar surface area (TPSA) is 21.3 Å². The molecule has 0 bridgehead atoms. The predicted molar refractivity (Wildman–Crippen MR) is 46.8 cm³/mol. The molecule has 2 rings (SSSR count). The van der Waals surface area contributed by atoms with Crippen LogP contribution in [0.1, 0.15) is 5.56 Å². The number of thiocarbonyl (C=S) groups is 1. The Morgan fingerprint density at radius 1 is 1.36 bits per heavy atom. The van der Waals surface area contributed by atoms with Gasteiger partial charge in [0, 0.05) is 0 Å². The summed E-state index contributed by atoms with van der Waals surface area (Å²) in [5.41, 5.74) is 0.980. The fraction of sp³-hybridized carbons (Fsp3) is 0.125. The van der Waals surface area contributed by atoms with Crippen molar-refractivity contribution in [3.63, 3.8) is 0 Å². The lowest BCUT2D eigenvalue weighted by Crippen LogP contribution is -2.31. The van der Waals surface area contributed by atoms with Crippen LogP contribution in [0.25, 0.3) is 0 Å². The number of rotatable bonds is 0. The molecular formula is C8H7NOS. The number of benzene rings is 1. The first-order valence-corrected chi connectivity index (χ1v) is 3.79. The molecule has 0 spiro atoms. The predicted octanol–water partition coefficient (Wildman–Crippen LogP) is 1.30. The highest BCUT2D eigenvalue weighted by Crippen LogP contribution is 2.20. The zero-order valence-corrected chi connectivity index (χ0v) is 6.65. The van der Waals surface area contributed by atoms with E-state index in [4.69, 9.17) is 17.0 Å². The lowest BCUT2D eigenvalue weighted by atomic mass is 10.2. The maximum Gasteiger partial charge on any atom is 0.159 e. The number of para-hydroxylation sites is 1. The molecule has 1 aromatic rings.